The maximum absolute atomic E-state index is 3.85. The molecule has 3 atom stereocenters. The molecule has 2 rings (SSSR count). The number of nitrogens with one attached hydrogen (secondary N) is 1. The van der Waals surface area contributed by atoms with Gasteiger partial charge in [0.05, 0.1) is 0 Å². The first-order chi connectivity index (χ1) is 8.74. The van der Waals surface area contributed by atoms with Crippen LogP contribution in [0, 0.1) is 23.7 Å². The van der Waals surface area contributed by atoms with Crippen LogP contribution in [0.15, 0.2) is 0 Å². The van der Waals surface area contributed by atoms with Crippen LogP contribution in [0.1, 0.15) is 72.1 Å². The van der Waals surface area contributed by atoms with Gasteiger partial charge >= 0.3 is 0 Å². The molecule has 1 N–H and O–H groups in total. The Kier molecular flexibility index (Phi) is 5.54. The van der Waals surface area contributed by atoms with Gasteiger partial charge in [0.2, 0.25) is 0 Å². The molecule has 18 heavy (non-hydrogen) atoms. The van der Waals surface area contributed by atoms with E-state index in [4.69, 9.17) is 0 Å². The predicted octanol–water partition coefficient (Wildman–Crippen LogP) is 4.62. The Balaban J connectivity index is 1.89. The van der Waals surface area contributed by atoms with Gasteiger partial charge in [-0.2, -0.15) is 0 Å². The van der Waals surface area contributed by atoms with Crippen LogP contribution < -0.4 is 5.32 Å². The third-order valence-corrected chi connectivity index (χ3v) is 5.66. The van der Waals surface area contributed by atoms with Crippen LogP contribution in [0.25, 0.3) is 0 Å². The second kappa shape index (κ2) is 6.93. The largest absolute Gasteiger partial charge is 0.314 e. The summed E-state index contributed by atoms with van der Waals surface area (Å²) in [6.07, 6.45) is 11.8. The zero-order chi connectivity index (χ0) is 13.0. The van der Waals surface area contributed by atoms with Crippen LogP contribution >= 0.6 is 0 Å². The van der Waals surface area contributed by atoms with Gasteiger partial charge in [-0.1, -0.05) is 46.5 Å². The maximum atomic E-state index is 3.85. The third kappa shape index (κ3) is 3.50. The van der Waals surface area contributed by atoms with Crippen LogP contribution in [0.3, 0.4) is 0 Å². The van der Waals surface area contributed by atoms with Gasteiger partial charge in [0.25, 0.3) is 0 Å². The third-order valence-electron chi connectivity index (χ3n) is 5.66. The summed E-state index contributed by atoms with van der Waals surface area (Å²) in [5.41, 5.74) is 0. The predicted molar refractivity (Wildman–Crippen MR) is 79.7 cm³/mol. The van der Waals surface area contributed by atoms with Crippen LogP contribution in [0.2, 0.25) is 0 Å². The van der Waals surface area contributed by atoms with Crippen LogP contribution in [0.4, 0.5) is 0 Å². The lowest BCUT2D eigenvalue weighted by atomic mass is 9.74. The molecule has 106 valence electrons. The Labute approximate surface area is 114 Å². The van der Waals surface area contributed by atoms with Gasteiger partial charge in [0, 0.05) is 6.04 Å². The molecule has 2 saturated carbocycles. The molecule has 0 amide bonds. The highest BCUT2D eigenvalue weighted by atomic mass is 14.9. The Bertz CT molecular complexity index is 230. The molecule has 1 nitrogen and oxygen atoms in total. The zero-order valence-electron chi connectivity index (χ0n) is 12.8. The van der Waals surface area contributed by atoms with Crippen molar-refractivity contribution < 1.29 is 0 Å². The fraction of sp³-hybridized carbons (Fsp3) is 1.00. The van der Waals surface area contributed by atoms with Gasteiger partial charge < -0.3 is 5.32 Å². The normalized spacial score (nSPS) is 38.8. The van der Waals surface area contributed by atoms with Gasteiger partial charge in [-0.3, -0.25) is 0 Å². The molecule has 0 aromatic heterocycles. The van der Waals surface area contributed by atoms with E-state index in [1.165, 1.54) is 51.4 Å². The molecule has 3 unspecified atom stereocenters. The molecule has 2 aliphatic rings. The summed E-state index contributed by atoms with van der Waals surface area (Å²) in [5.74, 6) is 3.96. The van der Waals surface area contributed by atoms with E-state index in [1.807, 2.05) is 0 Å². The first-order valence-corrected chi connectivity index (χ1v) is 8.47. The van der Waals surface area contributed by atoms with Crippen LogP contribution in [0.5, 0.6) is 0 Å². The number of hydrogen-bond acceptors (Lipinski definition) is 1. The van der Waals surface area contributed by atoms with Gasteiger partial charge in [0.15, 0.2) is 0 Å². The highest BCUT2D eigenvalue weighted by Gasteiger charge is 2.34. The van der Waals surface area contributed by atoms with Crippen molar-refractivity contribution in [2.24, 2.45) is 23.7 Å². The minimum absolute atomic E-state index is 0.831. The summed E-state index contributed by atoms with van der Waals surface area (Å²) in [7, 11) is 0. The molecule has 0 aliphatic heterocycles. The second-order valence-electron chi connectivity index (χ2n) is 6.95. The van der Waals surface area contributed by atoms with Gasteiger partial charge in [-0.15, -0.1) is 0 Å². The molecule has 0 aromatic rings. The van der Waals surface area contributed by atoms with Gasteiger partial charge in [-0.05, 0) is 55.9 Å². The van der Waals surface area contributed by atoms with Crippen molar-refractivity contribution in [2.75, 3.05) is 6.54 Å². The van der Waals surface area contributed by atoms with Crippen molar-refractivity contribution in [1.29, 1.82) is 0 Å². The first kappa shape index (κ1) is 14.4. The van der Waals surface area contributed by atoms with E-state index in [-0.39, 0.29) is 0 Å². The van der Waals surface area contributed by atoms with E-state index in [2.05, 4.69) is 26.1 Å². The van der Waals surface area contributed by atoms with Crippen molar-refractivity contribution >= 4 is 0 Å². The minimum atomic E-state index is 0.831. The van der Waals surface area contributed by atoms with E-state index >= 15 is 0 Å². The van der Waals surface area contributed by atoms with E-state index in [1.54, 1.807) is 0 Å². The summed E-state index contributed by atoms with van der Waals surface area (Å²) in [5, 5.41) is 3.85. The lowest BCUT2D eigenvalue weighted by Crippen LogP contribution is -2.43. The fourth-order valence-electron chi connectivity index (χ4n) is 4.49. The lowest BCUT2D eigenvalue weighted by Gasteiger charge is -2.37. The maximum Gasteiger partial charge on any atom is 0.0124 e. The average molecular weight is 251 g/mol. The molecular weight excluding hydrogens is 218 g/mol. The van der Waals surface area contributed by atoms with E-state index < -0.39 is 0 Å². The Hall–Kier alpha value is -0.0400. The fourth-order valence-corrected chi connectivity index (χ4v) is 4.49. The number of hydrogen-bond donors (Lipinski definition) is 1. The Morgan fingerprint density at radius 2 is 1.61 bits per heavy atom. The van der Waals surface area contributed by atoms with Crippen molar-refractivity contribution in [2.45, 2.75) is 78.2 Å². The Morgan fingerprint density at radius 3 is 2.11 bits per heavy atom. The molecule has 0 aromatic carbocycles. The molecule has 0 radical (unpaired) electrons. The topological polar surface area (TPSA) is 12.0 Å². The molecular formula is C17H33N. The lowest BCUT2D eigenvalue weighted by molar-refractivity contribution is 0.176. The van der Waals surface area contributed by atoms with Crippen molar-refractivity contribution in [3.63, 3.8) is 0 Å². The first-order valence-electron chi connectivity index (χ1n) is 8.47. The standard InChI is InChI=1S/C17H33N/c1-4-14-7-10-15(11-8-14)17(18-5-2)16-9-6-13(3)12-16/h13-18H,4-12H2,1-3H3. The van der Waals surface area contributed by atoms with Crippen LogP contribution in [-0.2, 0) is 0 Å². The Morgan fingerprint density at radius 1 is 0.944 bits per heavy atom. The molecule has 0 heterocycles. The quantitative estimate of drug-likeness (QED) is 0.752. The van der Waals surface area contributed by atoms with E-state index in [9.17, 15) is 0 Å². The minimum Gasteiger partial charge on any atom is -0.314 e. The molecule has 2 fully saturated rings. The highest BCUT2D eigenvalue weighted by molar-refractivity contribution is 4.89. The highest BCUT2D eigenvalue weighted by Crippen LogP contribution is 2.40. The van der Waals surface area contributed by atoms with Crippen molar-refractivity contribution in [3.8, 4) is 0 Å². The number of rotatable bonds is 5. The summed E-state index contributed by atoms with van der Waals surface area (Å²) in [4.78, 5) is 0. The van der Waals surface area contributed by atoms with E-state index in [0.29, 0.717) is 0 Å². The molecule has 0 spiro atoms. The molecule has 0 bridgehead atoms. The summed E-state index contributed by atoms with van der Waals surface area (Å²) in [6.45, 7) is 8.24. The molecule has 2 aliphatic carbocycles. The van der Waals surface area contributed by atoms with Crippen molar-refractivity contribution in [1.82, 2.24) is 5.32 Å². The smallest absolute Gasteiger partial charge is 0.0124 e. The molecule has 0 saturated heterocycles. The summed E-state index contributed by atoms with van der Waals surface area (Å²) >= 11 is 0. The van der Waals surface area contributed by atoms with Crippen molar-refractivity contribution in [3.05, 3.63) is 0 Å². The van der Waals surface area contributed by atoms with Gasteiger partial charge in [0.1, 0.15) is 0 Å². The second-order valence-corrected chi connectivity index (χ2v) is 6.95. The van der Waals surface area contributed by atoms with E-state index in [0.717, 1.165) is 36.3 Å². The summed E-state index contributed by atoms with van der Waals surface area (Å²) < 4.78 is 0. The molecule has 1 heteroatoms. The van der Waals surface area contributed by atoms with Crippen LogP contribution in [-0.4, -0.2) is 12.6 Å². The SMILES string of the molecule is CCNC(C1CCC(CC)CC1)C1CCC(C)C1. The monoisotopic (exact) mass is 251 g/mol. The zero-order valence-corrected chi connectivity index (χ0v) is 12.8. The summed E-state index contributed by atoms with van der Waals surface area (Å²) in [6, 6.07) is 0.831. The van der Waals surface area contributed by atoms with Gasteiger partial charge in [-0.25, -0.2) is 0 Å². The average Bonchev–Trinajstić information content (AvgIpc) is 2.82.